The second kappa shape index (κ2) is 9.01. The van der Waals surface area contributed by atoms with Crippen LogP contribution in [0.1, 0.15) is 45.4 Å². The van der Waals surface area contributed by atoms with Gasteiger partial charge in [-0.3, -0.25) is 0 Å². The number of hydrogen-bond donors (Lipinski definition) is 1. The van der Waals surface area contributed by atoms with E-state index in [4.69, 9.17) is 0 Å². The normalized spacial score (nSPS) is 10.6. The summed E-state index contributed by atoms with van der Waals surface area (Å²) in [6, 6.07) is 0.986. The molecule has 0 aromatic heterocycles. The first-order valence-electron chi connectivity index (χ1n) is 4.98. The summed E-state index contributed by atoms with van der Waals surface area (Å²) in [6.07, 6.45) is 7.82. The van der Waals surface area contributed by atoms with Crippen LogP contribution in [0.25, 0.3) is 0 Å². The van der Waals surface area contributed by atoms with Crippen molar-refractivity contribution < 1.29 is 4.80 Å². The van der Waals surface area contributed by atoms with E-state index in [1.807, 2.05) is 0 Å². The van der Waals surface area contributed by atoms with E-state index in [2.05, 4.69) is 13.5 Å². The van der Waals surface area contributed by atoms with Crippen LogP contribution in [-0.2, 0) is 0 Å². The van der Waals surface area contributed by atoms with Gasteiger partial charge >= 0.3 is 0 Å². The van der Waals surface area contributed by atoms with Crippen molar-refractivity contribution in [3.8, 4) is 0 Å². The zero-order valence-electron chi connectivity index (χ0n) is 8.18. The minimum absolute atomic E-state index is 0.986. The van der Waals surface area contributed by atoms with Crippen LogP contribution in [0.4, 0.5) is 0 Å². The molecule has 0 aliphatic rings. The predicted octanol–water partition coefficient (Wildman–Crippen LogP) is 3.06. The molecule has 0 rings (SSSR count). The zero-order valence-corrected chi connectivity index (χ0v) is 9.18. The van der Waals surface area contributed by atoms with Crippen molar-refractivity contribution in [2.45, 2.75) is 51.5 Å². The van der Waals surface area contributed by atoms with Crippen molar-refractivity contribution in [3.63, 3.8) is 0 Å². The molecular formula is C10H21OSi. The van der Waals surface area contributed by atoms with Gasteiger partial charge in [0.2, 0.25) is 9.04 Å². The van der Waals surface area contributed by atoms with Crippen LogP contribution in [0.3, 0.4) is 0 Å². The lowest BCUT2D eigenvalue weighted by Gasteiger charge is -2.01. The second-order valence-corrected chi connectivity index (χ2v) is 5.10. The minimum atomic E-state index is -1.16. The molecule has 0 saturated carbocycles. The lowest BCUT2D eigenvalue weighted by Crippen LogP contribution is -2.06. The third-order valence-corrected chi connectivity index (χ3v) is 3.36. The molecule has 0 bridgehead atoms. The fraction of sp³-hybridized carbons (Fsp3) is 0.800. The molecule has 0 atom stereocenters. The third-order valence-electron chi connectivity index (χ3n) is 2.02. The van der Waals surface area contributed by atoms with Crippen LogP contribution >= 0.6 is 0 Å². The number of unbranched alkanes of at least 4 members (excludes halogenated alkanes) is 5. The fourth-order valence-corrected chi connectivity index (χ4v) is 2.00. The molecule has 0 heterocycles. The van der Waals surface area contributed by atoms with Gasteiger partial charge in [-0.25, -0.2) is 0 Å². The maximum absolute atomic E-state index is 9.24. The molecule has 1 radical (unpaired) electrons. The van der Waals surface area contributed by atoms with Crippen LogP contribution in [0, 0.1) is 0 Å². The Morgan fingerprint density at radius 2 is 1.75 bits per heavy atom. The van der Waals surface area contributed by atoms with Crippen molar-refractivity contribution >= 4 is 9.04 Å². The summed E-state index contributed by atoms with van der Waals surface area (Å²) < 4.78 is 0. The van der Waals surface area contributed by atoms with Gasteiger partial charge in [-0.15, -0.1) is 6.58 Å². The Hall–Kier alpha value is -0.0831. The van der Waals surface area contributed by atoms with E-state index in [0.717, 1.165) is 6.04 Å². The summed E-state index contributed by atoms with van der Waals surface area (Å²) in [5.74, 6) is 0. The topological polar surface area (TPSA) is 20.2 Å². The quantitative estimate of drug-likeness (QED) is 0.455. The van der Waals surface area contributed by atoms with Crippen molar-refractivity contribution in [2.75, 3.05) is 0 Å². The highest BCUT2D eigenvalue weighted by molar-refractivity contribution is 6.55. The Morgan fingerprint density at radius 1 is 1.17 bits per heavy atom. The van der Waals surface area contributed by atoms with Gasteiger partial charge in [0.15, 0.2) is 0 Å². The summed E-state index contributed by atoms with van der Waals surface area (Å²) >= 11 is 0. The van der Waals surface area contributed by atoms with Crippen LogP contribution in [-0.4, -0.2) is 13.8 Å². The molecule has 0 fully saturated rings. The van der Waals surface area contributed by atoms with Crippen LogP contribution in [0.2, 0.25) is 6.04 Å². The predicted molar refractivity (Wildman–Crippen MR) is 56.4 cm³/mol. The van der Waals surface area contributed by atoms with Gasteiger partial charge < -0.3 is 4.80 Å². The van der Waals surface area contributed by atoms with Gasteiger partial charge in [-0.2, -0.15) is 0 Å². The Bertz CT molecular complexity index is 104. The summed E-state index contributed by atoms with van der Waals surface area (Å²) in [7, 11) is -1.16. The molecule has 71 valence electrons. The first-order valence-corrected chi connectivity index (χ1v) is 6.71. The van der Waals surface area contributed by atoms with Crippen molar-refractivity contribution in [2.24, 2.45) is 0 Å². The highest BCUT2D eigenvalue weighted by atomic mass is 28.3. The first kappa shape index (κ1) is 11.9. The summed E-state index contributed by atoms with van der Waals surface area (Å²) in [5, 5.41) is 0. The molecule has 0 aromatic carbocycles. The molecule has 0 spiro atoms. The van der Waals surface area contributed by atoms with Gasteiger partial charge in [-0.1, -0.05) is 51.1 Å². The molecule has 1 N–H and O–H groups in total. The Kier molecular flexibility index (Phi) is 8.95. The molecule has 2 heteroatoms. The van der Waals surface area contributed by atoms with Crippen LogP contribution in [0.5, 0.6) is 0 Å². The molecule has 0 aromatic rings. The van der Waals surface area contributed by atoms with Crippen molar-refractivity contribution in [1.29, 1.82) is 0 Å². The Balaban J connectivity index is 2.95. The Morgan fingerprint density at radius 3 is 2.33 bits per heavy atom. The SMILES string of the molecule is C=C[Si](O)CCCCCCCC. The highest BCUT2D eigenvalue weighted by Gasteiger charge is 2.00. The lowest BCUT2D eigenvalue weighted by molar-refractivity contribution is 0.566. The first-order chi connectivity index (χ1) is 5.81. The molecule has 0 saturated heterocycles. The fourth-order valence-electron chi connectivity index (χ4n) is 1.19. The summed E-state index contributed by atoms with van der Waals surface area (Å²) in [4.78, 5) is 9.24. The highest BCUT2D eigenvalue weighted by Crippen LogP contribution is 2.08. The van der Waals surface area contributed by atoms with Crippen LogP contribution in [0.15, 0.2) is 12.3 Å². The summed E-state index contributed by atoms with van der Waals surface area (Å²) in [5.41, 5.74) is 1.72. The van der Waals surface area contributed by atoms with E-state index in [0.29, 0.717) is 0 Å². The molecular weight excluding hydrogens is 164 g/mol. The van der Waals surface area contributed by atoms with Crippen LogP contribution < -0.4 is 0 Å². The van der Waals surface area contributed by atoms with Crippen molar-refractivity contribution in [1.82, 2.24) is 0 Å². The van der Waals surface area contributed by atoms with E-state index in [9.17, 15) is 4.80 Å². The maximum atomic E-state index is 9.24. The van der Waals surface area contributed by atoms with Gasteiger partial charge in [0.25, 0.3) is 0 Å². The molecule has 12 heavy (non-hydrogen) atoms. The maximum Gasteiger partial charge on any atom is 0.234 e. The molecule has 0 aliphatic heterocycles. The molecule has 0 aliphatic carbocycles. The smallest absolute Gasteiger partial charge is 0.234 e. The minimum Gasteiger partial charge on any atom is -0.428 e. The largest absolute Gasteiger partial charge is 0.428 e. The Labute approximate surface area is 78.2 Å². The van der Waals surface area contributed by atoms with Gasteiger partial charge in [0.1, 0.15) is 0 Å². The second-order valence-electron chi connectivity index (χ2n) is 3.21. The van der Waals surface area contributed by atoms with Crippen molar-refractivity contribution in [3.05, 3.63) is 12.3 Å². The molecule has 1 nitrogen and oxygen atoms in total. The average Bonchev–Trinajstić information content (AvgIpc) is 2.10. The van der Waals surface area contributed by atoms with Gasteiger partial charge in [0, 0.05) is 0 Å². The van der Waals surface area contributed by atoms with E-state index in [1.165, 1.54) is 38.5 Å². The molecule has 0 amide bonds. The third kappa shape index (κ3) is 8.02. The molecule has 0 unspecified atom stereocenters. The monoisotopic (exact) mass is 185 g/mol. The standard InChI is InChI=1S/C10H21OSi/c1-3-5-6-7-8-9-10-12(11)4-2/h4,11H,2-3,5-10H2,1H3. The van der Waals surface area contributed by atoms with E-state index in [1.54, 1.807) is 5.70 Å². The van der Waals surface area contributed by atoms with E-state index < -0.39 is 9.04 Å². The van der Waals surface area contributed by atoms with E-state index >= 15 is 0 Å². The average molecular weight is 185 g/mol. The van der Waals surface area contributed by atoms with E-state index in [-0.39, 0.29) is 0 Å². The zero-order chi connectivity index (χ0) is 9.23. The van der Waals surface area contributed by atoms with Gasteiger partial charge in [0.05, 0.1) is 0 Å². The number of rotatable bonds is 8. The van der Waals surface area contributed by atoms with Gasteiger partial charge in [-0.05, 0) is 6.04 Å². The lowest BCUT2D eigenvalue weighted by atomic mass is 10.1. The summed E-state index contributed by atoms with van der Waals surface area (Å²) in [6.45, 7) is 5.81. The number of hydrogen-bond acceptors (Lipinski definition) is 1.